The van der Waals surface area contributed by atoms with E-state index in [-0.39, 0.29) is 18.5 Å². The number of benzene rings is 1. The van der Waals surface area contributed by atoms with Gasteiger partial charge in [-0.1, -0.05) is 12.1 Å². The highest BCUT2D eigenvalue weighted by Gasteiger charge is 2.30. The van der Waals surface area contributed by atoms with E-state index in [1.165, 1.54) is 12.1 Å². The van der Waals surface area contributed by atoms with Crippen LogP contribution in [0.5, 0.6) is 0 Å². The van der Waals surface area contributed by atoms with Gasteiger partial charge in [-0.3, -0.25) is 4.79 Å². The summed E-state index contributed by atoms with van der Waals surface area (Å²) >= 11 is 0. The summed E-state index contributed by atoms with van der Waals surface area (Å²) < 4.78 is 37.3. The van der Waals surface area contributed by atoms with Crippen LogP contribution in [0.4, 0.5) is 13.2 Å². The molecule has 2 rings (SSSR count). The average molecular weight is 302 g/mol. The third kappa shape index (κ3) is 4.44. The molecule has 7 heteroatoms. The molecule has 4 nitrogen and oxygen atoms in total. The largest absolute Gasteiger partial charge is 0.416 e. The Morgan fingerprint density at radius 3 is 2.52 bits per heavy atom. The number of alkyl halides is 3. The van der Waals surface area contributed by atoms with Crippen molar-refractivity contribution in [1.29, 1.82) is 0 Å². The maximum Gasteiger partial charge on any atom is 0.416 e. The lowest BCUT2D eigenvalue weighted by Gasteiger charge is -2.16. The number of rotatable bonds is 5. The number of aliphatic hydroxyl groups excluding tert-OH is 1. The Bertz CT molecular complexity index is 488. The quantitative estimate of drug-likeness (QED) is 0.774. The minimum atomic E-state index is -4.37. The fraction of sp³-hybridized carbons (Fsp3) is 0.500. The molecule has 1 aliphatic rings. The number of nitrogens with one attached hydrogen (secondary N) is 2. The predicted octanol–water partition coefficient (Wildman–Crippen LogP) is 1.61. The molecule has 0 aromatic heterocycles. The van der Waals surface area contributed by atoms with Crippen LogP contribution in [0.25, 0.3) is 0 Å². The summed E-state index contributed by atoms with van der Waals surface area (Å²) in [6.45, 7) is 0.751. The summed E-state index contributed by atoms with van der Waals surface area (Å²) in [6.07, 6.45) is -4.00. The summed E-state index contributed by atoms with van der Waals surface area (Å²) in [4.78, 5) is 11.0. The van der Waals surface area contributed by atoms with E-state index >= 15 is 0 Å². The zero-order chi connectivity index (χ0) is 15.5. The van der Waals surface area contributed by atoms with E-state index in [4.69, 9.17) is 0 Å². The molecule has 1 fully saturated rings. The van der Waals surface area contributed by atoms with Crippen molar-refractivity contribution in [3.8, 4) is 0 Å². The van der Waals surface area contributed by atoms with Crippen LogP contribution in [-0.4, -0.2) is 30.1 Å². The molecule has 0 spiro atoms. The molecule has 0 bridgehead atoms. The fourth-order valence-corrected chi connectivity index (χ4v) is 2.24. The van der Waals surface area contributed by atoms with Crippen molar-refractivity contribution in [1.82, 2.24) is 10.6 Å². The second kappa shape index (κ2) is 6.44. The molecule has 1 amide bonds. The Kier molecular flexibility index (Phi) is 4.84. The van der Waals surface area contributed by atoms with Gasteiger partial charge in [0.05, 0.1) is 11.7 Å². The van der Waals surface area contributed by atoms with Crippen molar-refractivity contribution in [2.45, 2.75) is 31.2 Å². The maximum absolute atomic E-state index is 12.4. The van der Waals surface area contributed by atoms with E-state index in [1.54, 1.807) is 0 Å². The zero-order valence-corrected chi connectivity index (χ0v) is 11.3. The number of carbonyl (C=O) groups excluding carboxylic acids is 1. The molecule has 0 saturated carbocycles. The monoisotopic (exact) mass is 302 g/mol. The van der Waals surface area contributed by atoms with E-state index in [9.17, 15) is 23.1 Å². The Hall–Kier alpha value is -1.60. The standard InChI is InChI=1S/C14H17F3N2O2/c15-14(16,17)10-3-1-9(2-4-10)12(20)8-18-7-11-5-6-13(21)19-11/h1-4,11-12,18,20H,5-8H2,(H,19,21). The highest BCUT2D eigenvalue weighted by Crippen LogP contribution is 2.29. The van der Waals surface area contributed by atoms with Crippen molar-refractivity contribution >= 4 is 5.91 Å². The Morgan fingerprint density at radius 2 is 2.00 bits per heavy atom. The van der Waals surface area contributed by atoms with Crippen LogP contribution < -0.4 is 10.6 Å². The van der Waals surface area contributed by atoms with Crippen LogP contribution in [0.1, 0.15) is 30.1 Å². The number of aliphatic hydroxyl groups is 1. The van der Waals surface area contributed by atoms with E-state index in [1.807, 2.05) is 0 Å². The van der Waals surface area contributed by atoms with E-state index in [2.05, 4.69) is 10.6 Å². The smallest absolute Gasteiger partial charge is 0.387 e. The van der Waals surface area contributed by atoms with E-state index < -0.39 is 17.8 Å². The number of amides is 1. The summed E-state index contributed by atoms with van der Waals surface area (Å²) in [5.41, 5.74) is -0.314. The molecule has 0 aliphatic carbocycles. The van der Waals surface area contributed by atoms with Gasteiger partial charge >= 0.3 is 6.18 Å². The van der Waals surface area contributed by atoms with Crippen molar-refractivity contribution in [2.24, 2.45) is 0 Å². The molecule has 1 saturated heterocycles. The van der Waals surface area contributed by atoms with Crippen molar-refractivity contribution in [2.75, 3.05) is 13.1 Å². The Morgan fingerprint density at radius 1 is 1.33 bits per heavy atom. The molecule has 21 heavy (non-hydrogen) atoms. The van der Waals surface area contributed by atoms with Gasteiger partial charge < -0.3 is 15.7 Å². The van der Waals surface area contributed by atoms with Gasteiger partial charge in [-0.25, -0.2) is 0 Å². The zero-order valence-electron chi connectivity index (χ0n) is 11.3. The third-order valence-electron chi connectivity index (χ3n) is 3.44. The summed E-state index contributed by atoms with van der Waals surface area (Å²) in [7, 11) is 0. The van der Waals surface area contributed by atoms with Gasteiger partial charge in [0.15, 0.2) is 0 Å². The van der Waals surface area contributed by atoms with E-state index in [0.29, 0.717) is 18.5 Å². The van der Waals surface area contributed by atoms with E-state index in [0.717, 1.165) is 18.6 Å². The number of hydrogen-bond donors (Lipinski definition) is 3. The molecule has 3 N–H and O–H groups in total. The average Bonchev–Trinajstić information content (AvgIpc) is 2.83. The van der Waals surface area contributed by atoms with Crippen molar-refractivity contribution < 1.29 is 23.1 Å². The van der Waals surface area contributed by atoms with Gasteiger partial charge in [0.1, 0.15) is 0 Å². The van der Waals surface area contributed by atoms with Gasteiger partial charge in [0.2, 0.25) is 5.91 Å². The summed E-state index contributed by atoms with van der Waals surface area (Å²) in [6, 6.07) is 4.50. The second-order valence-corrected chi connectivity index (χ2v) is 5.10. The van der Waals surface area contributed by atoms with Gasteiger partial charge in [-0.2, -0.15) is 13.2 Å². The SMILES string of the molecule is O=C1CCC(CNCC(O)c2ccc(C(F)(F)F)cc2)N1. The van der Waals surface area contributed by atoms with Crippen LogP contribution in [0.2, 0.25) is 0 Å². The Balaban J connectivity index is 1.80. The lowest BCUT2D eigenvalue weighted by atomic mass is 10.1. The number of hydrogen-bond acceptors (Lipinski definition) is 3. The predicted molar refractivity (Wildman–Crippen MR) is 70.4 cm³/mol. The highest BCUT2D eigenvalue weighted by molar-refractivity contribution is 5.78. The maximum atomic E-state index is 12.4. The summed E-state index contributed by atoms with van der Waals surface area (Å²) in [5, 5.41) is 15.7. The first-order chi connectivity index (χ1) is 9.86. The molecule has 1 aliphatic heterocycles. The second-order valence-electron chi connectivity index (χ2n) is 5.10. The van der Waals surface area contributed by atoms with Gasteiger partial charge in [-0.15, -0.1) is 0 Å². The molecular weight excluding hydrogens is 285 g/mol. The summed E-state index contributed by atoms with van der Waals surface area (Å²) in [5.74, 6) is 0.0186. The van der Waals surface area contributed by atoms with Gasteiger partial charge in [0, 0.05) is 25.6 Å². The minimum Gasteiger partial charge on any atom is -0.387 e. The molecule has 1 aromatic rings. The number of carbonyl (C=O) groups is 1. The minimum absolute atomic E-state index is 0.0186. The lowest BCUT2D eigenvalue weighted by molar-refractivity contribution is -0.137. The topological polar surface area (TPSA) is 61.4 Å². The third-order valence-corrected chi connectivity index (χ3v) is 3.44. The fourth-order valence-electron chi connectivity index (χ4n) is 2.24. The van der Waals surface area contributed by atoms with Crippen LogP contribution in [0, 0.1) is 0 Å². The molecule has 1 aromatic carbocycles. The molecule has 2 atom stereocenters. The van der Waals surface area contributed by atoms with Crippen molar-refractivity contribution in [3.05, 3.63) is 35.4 Å². The first-order valence-electron chi connectivity index (χ1n) is 6.71. The van der Waals surface area contributed by atoms with Gasteiger partial charge in [-0.05, 0) is 24.1 Å². The van der Waals surface area contributed by atoms with Crippen LogP contribution >= 0.6 is 0 Å². The lowest BCUT2D eigenvalue weighted by Crippen LogP contribution is -2.37. The molecule has 1 heterocycles. The first-order valence-corrected chi connectivity index (χ1v) is 6.71. The first kappa shape index (κ1) is 15.8. The van der Waals surface area contributed by atoms with Crippen LogP contribution in [0.3, 0.4) is 0 Å². The number of halogens is 3. The molecule has 2 unspecified atom stereocenters. The van der Waals surface area contributed by atoms with Crippen LogP contribution in [0.15, 0.2) is 24.3 Å². The highest BCUT2D eigenvalue weighted by atomic mass is 19.4. The Labute approximate surface area is 120 Å². The van der Waals surface area contributed by atoms with Crippen LogP contribution in [-0.2, 0) is 11.0 Å². The van der Waals surface area contributed by atoms with Crippen molar-refractivity contribution in [3.63, 3.8) is 0 Å². The normalized spacial score (nSPS) is 20.4. The molecular formula is C14H17F3N2O2. The molecule has 0 radical (unpaired) electrons. The van der Waals surface area contributed by atoms with Gasteiger partial charge in [0.25, 0.3) is 0 Å². The molecule has 116 valence electrons.